The molecule has 0 atom stereocenters. The predicted molar refractivity (Wildman–Crippen MR) is 179 cm³/mol. The van der Waals surface area contributed by atoms with Crippen molar-refractivity contribution in [2.45, 2.75) is 12.8 Å². The van der Waals surface area contributed by atoms with Crippen molar-refractivity contribution in [2.24, 2.45) is 9.98 Å². The van der Waals surface area contributed by atoms with Crippen molar-refractivity contribution in [3.63, 3.8) is 0 Å². The van der Waals surface area contributed by atoms with Crippen LogP contribution in [0.1, 0.15) is 23.3 Å². The highest BCUT2D eigenvalue weighted by Gasteiger charge is 2.16. The van der Waals surface area contributed by atoms with Crippen LogP contribution in [0.3, 0.4) is 0 Å². The molecule has 0 aliphatic rings. The fourth-order valence-corrected chi connectivity index (χ4v) is 5.58. The number of aromatic nitrogens is 3. The van der Waals surface area contributed by atoms with Crippen molar-refractivity contribution < 1.29 is 0 Å². The van der Waals surface area contributed by atoms with Gasteiger partial charge in [-0.3, -0.25) is 9.98 Å². The van der Waals surface area contributed by atoms with Gasteiger partial charge < -0.3 is 14.4 Å². The highest BCUT2D eigenvalue weighted by atomic mass is 32.1. The second-order valence-electron chi connectivity index (χ2n) is 10.9. The third kappa shape index (κ3) is 7.64. The molecular formula is C34H39N7S. The summed E-state index contributed by atoms with van der Waals surface area (Å²) >= 11 is 1.71. The molecule has 3 aromatic heterocycles. The topological polar surface area (TPSA) is 61.9 Å². The van der Waals surface area contributed by atoms with Gasteiger partial charge in [0, 0.05) is 53.2 Å². The van der Waals surface area contributed by atoms with Crippen LogP contribution in [-0.4, -0.2) is 91.1 Å². The van der Waals surface area contributed by atoms with Crippen molar-refractivity contribution in [2.75, 3.05) is 54.4 Å². The number of hydrogen-bond acceptors (Lipinski definition) is 7. The minimum atomic E-state index is 0.704. The Morgan fingerprint density at radius 3 is 2.14 bits per heavy atom. The van der Waals surface area contributed by atoms with E-state index < -0.39 is 0 Å². The second-order valence-corrected chi connectivity index (χ2v) is 12.0. The molecule has 5 aromatic rings. The van der Waals surface area contributed by atoms with Crippen molar-refractivity contribution in [1.82, 2.24) is 24.3 Å². The molecule has 0 unspecified atom stereocenters. The Kier molecular flexibility index (Phi) is 10.0. The van der Waals surface area contributed by atoms with Gasteiger partial charge in [0.05, 0.1) is 10.6 Å². The average Bonchev–Trinajstić information content (AvgIpc) is 3.64. The summed E-state index contributed by atoms with van der Waals surface area (Å²) in [6, 6.07) is 25.1. The lowest BCUT2D eigenvalue weighted by molar-refractivity contribution is 0.403. The molecule has 3 heterocycles. The molecule has 0 amide bonds. The minimum Gasteiger partial charge on any atom is -0.309 e. The van der Waals surface area contributed by atoms with E-state index in [1.54, 1.807) is 11.3 Å². The maximum Gasteiger partial charge on any atom is 0.162 e. The fourth-order valence-electron chi connectivity index (χ4n) is 4.68. The summed E-state index contributed by atoms with van der Waals surface area (Å²) in [7, 11) is 8.36. The molecule has 0 saturated heterocycles. The molecule has 0 bridgehead atoms. The summed E-state index contributed by atoms with van der Waals surface area (Å²) < 4.78 is 2.14. The van der Waals surface area contributed by atoms with Gasteiger partial charge in [0.15, 0.2) is 5.82 Å². The SMILES string of the molecule is CN(C)CCC/N=C/c1ccc(-c2nc(-c3ccc(/C=N/CCCN(C)C)s3)c3ccn(-c4ccccc4)c3n2)cc1. The number of nitrogens with zero attached hydrogens (tertiary/aromatic N) is 7. The molecule has 0 fully saturated rings. The van der Waals surface area contributed by atoms with Crippen LogP contribution >= 0.6 is 11.3 Å². The van der Waals surface area contributed by atoms with E-state index in [-0.39, 0.29) is 0 Å². The van der Waals surface area contributed by atoms with Crippen molar-refractivity contribution in [3.8, 4) is 27.6 Å². The molecule has 0 aliphatic carbocycles. The van der Waals surface area contributed by atoms with Gasteiger partial charge in [-0.1, -0.05) is 42.5 Å². The zero-order chi connectivity index (χ0) is 29.3. The summed E-state index contributed by atoms with van der Waals surface area (Å²) in [5.74, 6) is 0.704. The highest BCUT2D eigenvalue weighted by molar-refractivity contribution is 7.17. The summed E-state index contributed by atoms with van der Waals surface area (Å²) in [6.45, 7) is 3.73. The van der Waals surface area contributed by atoms with Crippen LogP contribution in [0.2, 0.25) is 0 Å². The number of fused-ring (bicyclic) bond motifs is 1. The maximum atomic E-state index is 5.12. The molecule has 216 valence electrons. The molecule has 0 radical (unpaired) electrons. The van der Waals surface area contributed by atoms with Crippen LogP contribution in [0, 0.1) is 0 Å². The number of benzene rings is 2. The quantitative estimate of drug-likeness (QED) is 0.118. The van der Waals surface area contributed by atoms with Crippen LogP contribution < -0.4 is 0 Å². The number of rotatable bonds is 13. The van der Waals surface area contributed by atoms with Crippen molar-refractivity contribution >= 4 is 34.8 Å². The first-order valence-electron chi connectivity index (χ1n) is 14.4. The van der Waals surface area contributed by atoms with E-state index in [1.807, 2.05) is 30.6 Å². The summed E-state index contributed by atoms with van der Waals surface area (Å²) in [5.41, 5.74) is 4.95. The number of thiophene rings is 1. The van der Waals surface area contributed by atoms with E-state index >= 15 is 0 Å². The molecule has 0 spiro atoms. The number of hydrogen-bond donors (Lipinski definition) is 0. The third-order valence-electron chi connectivity index (χ3n) is 6.85. The lowest BCUT2D eigenvalue weighted by Gasteiger charge is -2.09. The lowest BCUT2D eigenvalue weighted by Crippen LogP contribution is -2.13. The Hall–Kier alpha value is -3.98. The van der Waals surface area contributed by atoms with Gasteiger partial charge in [0.1, 0.15) is 5.65 Å². The molecular weight excluding hydrogens is 538 g/mol. The van der Waals surface area contributed by atoms with E-state index in [0.29, 0.717) is 5.82 Å². The van der Waals surface area contributed by atoms with Gasteiger partial charge >= 0.3 is 0 Å². The van der Waals surface area contributed by atoms with E-state index in [1.165, 1.54) is 0 Å². The first kappa shape index (κ1) is 29.5. The van der Waals surface area contributed by atoms with Crippen molar-refractivity contribution in [3.05, 3.63) is 89.4 Å². The van der Waals surface area contributed by atoms with Gasteiger partial charge in [-0.2, -0.15) is 0 Å². The maximum absolute atomic E-state index is 5.12. The largest absolute Gasteiger partial charge is 0.309 e. The van der Waals surface area contributed by atoms with Crippen LogP contribution in [0.5, 0.6) is 0 Å². The van der Waals surface area contributed by atoms with Crippen LogP contribution in [0.25, 0.3) is 38.7 Å². The molecule has 8 heteroatoms. The molecule has 5 rings (SSSR count). The minimum absolute atomic E-state index is 0.704. The smallest absolute Gasteiger partial charge is 0.162 e. The van der Waals surface area contributed by atoms with Crippen LogP contribution in [-0.2, 0) is 0 Å². The normalized spacial score (nSPS) is 12.1. The Morgan fingerprint density at radius 2 is 1.45 bits per heavy atom. The van der Waals surface area contributed by atoms with E-state index in [2.05, 4.69) is 113 Å². The van der Waals surface area contributed by atoms with Gasteiger partial charge in [-0.05, 0) is 90.0 Å². The zero-order valence-corrected chi connectivity index (χ0v) is 25.8. The molecule has 0 saturated carbocycles. The first-order chi connectivity index (χ1) is 20.5. The summed E-state index contributed by atoms with van der Waals surface area (Å²) in [5, 5.41) is 1.03. The first-order valence-corrected chi connectivity index (χ1v) is 15.2. The van der Waals surface area contributed by atoms with Gasteiger partial charge in [-0.15, -0.1) is 11.3 Å². The van der Waals surface area contributed by atoms with E-state index in [0.717, 1.165) is 82.3 Å². The van der Waals surface area contributed by atoms with Gasteiger partial charge in [-0.25, -0.2) is 9.97 Å². The van der Waals surface area contributed by atoms with E-state index in [9.17, 15) is 0 Å². The monoisotopic (exact) mass is 577 g/mol. The average molecular weight is 578 g/mol. The summed E-state index contributed by atoms with van der Waals surface area (Å²) in [4.78, 5) is 26.0. The van der Waals surface area contributed by atoms with Crippen LogP contribution in [0.4, 0.5) is 0 Å². The van der Waals surface area contributed by atoms with Crippen molar-refractivity contribution in [1.29, 1.82) is 0 Å². The zero-order valence-electron chi connectivity index (χ0n) is 24.9. The highest BCUT2D eigenvalue weighted by Crippen LogP contribution is 2.34. The van der Waals surface area contributed by atoms with Gasteiger partial charge in [0.2, 0.25) is 0 Å². The Labute approximate surface area is 252 Å². The number of aliphatic imine (C=N–C) groups is 2. The Bertz CT molecular complexity index is 1630. The van der Waals surface area contributed by atoms with Gasteiger partial charge in [0.25, 0.3) is 0 Å². The molecule has 7 nitrogen and oxygen atoms in total. The Morgan fingerprint density at radius 1 is 0.762 bits per heavy atom. The van der Waals surface area contributed by atoms with E-state index in [4.69, 9.17) is 9.97 Å². The second kappa shape index (κ2) is 14.3. The molecule has 2 aromatic carbocycles. The molecule has 0 aliphatic heterocycles. The fraction of sp³-hybridized carbons (Fsp3) is 0.294. The third-order valence-corrected chi connectivity index (χ3v) is 7.88. The summed E-state index contributed by atoms with van der Waals surface area (Å²) in [6.07, 6.45) is 8.11. The lowest BCUT2D eigenvalue weighted by atomic mass is 10.1. The molecule has 42 heavy (non-hydrogen) atoms. The number of para-hydroxylation sites is 1. The van der Waals surface area contributed by atoms with Crippen LogP contribution in [0.15, 0.2) is 89.0 Å². The molecule has 0 N–H and O–H groups in total. The Balaban J connectivity index is 1.46. The predicted octanol–water partition coefficient (Wildman–Crippen LogP) is 6.56. The standard InChI is InChI=1S/C34H39N7S/c1-39(2)21-8-19-35-24-26-12-14-27(15-13-26)33-37-32(31-17-16-29(42-31)25-36-20-9-22-40(3)4)30-18-23-41(34(30)38-33)28-10-6-5-7-11-28/h5-7,10-18,23-25H,8-9,19-22H2,1-4H3/b35-24+,36-25+.